The number of pyridine rings is 1. The van der Waals surface area contributed by atoms with Crippen molar-refractivity contribution in [2.24, 2.45) is 0 Å². The molecule has 5 rings (SSSR count). The van der Waals surface area contributed by atoms with E-state index in [1.807, 2.05) is 0 Å². The molecule has 1 aliphatic rings. The number of aromatic nitrogens is 3. The first-order chi connectivity index (χ1) is 17.0. The van der Waals surface area contributed by atoms with Crippen molar-refractivity contribution in [3.63, 3.8) is 0 Å². The minimum atomic E-state index is -0.406. The Morgan fingerprint density at radius 1 is 1.06 bits per heavy atom. The van der Waals surface area contributed by atoms with Crippen molar-refractivity contribution in [2.45, 2.75) is 18.9 Å². The minimum absolute atomic E-state index is 0.237. The maximum Gasteiger partial charge on any atom is 0.319 e. The molecule has 178 valence electrons. The van der Waals surface area contributed by atoms with Crippen LogP contribution in [-0.4, -0.2) is 40.0 Å². The van der Waals surface area contributed by atoms with Gasteiger partial charge in [-0.3, -0.25) is 15.1 Å². The van der Waals surface area contributed by atoms with Gasteiger partial charge in [-0.25, -0.2) is 9.78 Å². The Labute approximate surface area is 205 Å². The zero-order chi connectivity index (χ0) is 24.4. The number of hydrogen-bond donors (Lipinski definition) is 4. The number of amides is 3. The molecule has 2 aromatic carbocycles. The maximum absolute atomic E-state index is 12.9. The number of ether oxygens (including phenoxy) is 2. The number of benzene rings is 2. The lowest BCUT2D eigenvalue weighted by Gasteiger charge is -2.14. The van der Waals surface area contributed by atoms with Gasteiger partial charge in [-0.1, -0.05) is 11.6 Å². The van der Waals surface area contributed by atoms with Gasteiger partial charge in [0, 0.05) is 42.2 Å². The molecule has 0 aliphatic heterocycles. The zero-order valence-corrected chi connectivity index (χ0v) is 19.3. The van der Waals surface area contributed by atoms with Crippen molar-refractivity contribution >= 4 is 46.1 Å². The highest BCUT2D eigenvalue weighted by Crippen LogP contribution is 2.35. The second kappa shape index (κ2) is 9.51. The first-order valence-electron chi connectivity index (χ1n) is 10.8. The number of halogens is 1. The fraction of sp³-hybridized carbons (Fsp3) is 0.167. The molecule has 0 saturated heterocycles. The first kappa shape index (κ1) is 22.5. The second-order valence-electron chi connectivity index (χ2n) is 7.89. The van der Waals surface area contributed by atoms with E-state index in [-0.39, 0.29) is 17.6 Å². The fourth-order valence-electron chi connectivity index (χ4n) is 3.45. The summed E-state index contributed by atoms with van der Waals surface area (Å²) >= 11 is 6.37. The Balaban J connectivity index is 1.41. The van der Waals surface area contributed by atoms with Gasteiger partial charge in [0.05, 0.1) is 28.9 Å². The number of anilines is 2. The molecule has 0 atom stereocenters. The number of imidazole rings is 1. The number of nitrogens with one attached hydrogen (secondary N) is 4. The summed E-state index contributed by atoms with van der Waals surface area (Å²) in [5.74, 6) is 1.18. The molecule has 0 bridgehead atoms. The van der Waals surface area contributed by atoms with Crippen LogP contribution in [0.25, 0.3) is 10.9 Å². The van der Waals surface area contributed by atoms with E-state index in [0.717, 1.165) is 12.8 Å². The zero-order valence-electron chi connectivity index (χ0n) is 18.6. The Bertz CT molecular complexity index is 1400. The highest BCUT2D eigenvalue weighted by Gasteiger charge is 2.23. The lowest BCUT2D eigenvalue weighted by atomic mass is 10.1. The second-order valence-corrected chi connectivity index (χ2v) is 8.29. The SMILES string of the molecule is COc1cc2nccc(Oc3ccc(NC(=O)NC4CC4)c(Cl)c3)c2cc1C(=O)Nc1ncc[nH]1. The van der Waals surface area contributed by atoms with Crippen LogP contribution < -0.4 is 25.4 Å². The number of methoxy groups -OCH3 is 1. The van der Waals surface area contributed by atoms with Crippen LogP contribution in [0.2, 0.25) is 5.02 Å². The number of urea groups is 1. The molecule has 1 saturated carbocycles. The van der Waals surface area contributed by atoms with Crippen molar-refractivity contribution in [2.75, 3.05) is 17.7 Å². The van der Waals surface area contributed by atoms with E-state index in [2.05, 4.69) is 30.9 Å². The van der Waals surface area contributed by atoms with Gasteiger partial charge in [0.2, 0.25) is 5.95 Å². The number of nitrogens with zero attached hydrogens (tertiary/aromatic N) is 2. The van der Waals surface area contributed by atoms with E-state index in [9.17, 15) is 9.59 Å². The molecular formula is C24H21ClN6O4. The van der Waals surface area contributed by atoms with E-state index in [4.69, 9.17) is 21.1 Å². The average Bonchev–Trinajstić information content (AvgIpc) is 3.51. The van der Waals surface area contributed by atoms with Gasteiger partial charge in [0.1, 0.15) is 17.2 Å². The van der Waals surface area contributed by atoms with Crippen molar-refractivity contribution in [1.29, 1.82) is 0 Å². The van der Waals surface area contributed by atoms with Crippen LogP contribution in [0, 0.1) is 0 Å². The number of H-pyrrole nitrogens is 1. The molecule has 35 heavy (non-hydrogen) atoms. The van der Waals surface area contributed by atoms with Gasteiger partial charge < -0.3 is 25.1 Å². The van der Waals surface area contributed by atoms with Crippen LogP contribution in [0.1, 0.15) is 23.2 Å². The van der Waals surface area contributed by atoms with Gasteiger partial charge >= 0.3 is 6.03 Å². The Morgan fingerprint density at radius 3 is 2.63 bits per heavy atom. The van der Waals surface area contributed by atoms with Crippen molar-refractivity contribution in [3.8, 4) is 17.2 Å². The molecule has 4 N–H and O–H groups in total. The predicted octanol–water partition coefficient (Wildman–Crippen LogP) is 4.95. The highest BCUT2D eigenvalue weighted by atomic mass is 35.5. The number of fused-ring (bicyclic) bond motifs is 1. The third-order valence-electron chi connectivity index (χ3n) is 5.33. The summed E-state index contributed by atoms with van der Waals surface area (Å²) in [6.45, 7) is 0. The fourth-order valence-corrected chi connectivity index (χ4v) is 3.67. The third-order valence-corrected chi connectivity index (χ3v) is 5.64. The largest absolute Gasteiger partial charge is 0.496 e. The van der Waals surface area contributed by atoms with Crippen LogP contribution >= 0.6 is 11.6 Å². The summed E-state index contributed by atoms with van der Waals surface area (Å²) in [6, 6.07) is 9.91. The van der Waals surface area contributed by atoms with Crippen molar-refractivity contribution in [1.82, 2.24) is 20.3 Å². The van der Waals surface area contributed by atoms with E-state index in [1.54, 1.807) is 48.8 Å². The summed E-state index contributed by atoms with van der Waals surface area (Å²) in [5, 5.41) is 9.20. The number of carbonyl (C=O) groups excluding carboxylic acids is 2. The van der Waals surface area contributed by atoms with Crippen LogP contribution in [0.5, 0.6) is 17.2 Å². The Kier molecular flexibility index (Phi) is 6.11. The summed E-state index contributed by atoms with van der Waals surface area (Å²) < 4.78 is 11.5. The molecular weight excluding hydrogens is 472 g/mol. The first-order valence-corrected chi connectivity index (χ1v) is 11.2. The lowest BCUT2D eigenvalue weighted by Crippen LogP contribution is -2.30. The van der Waals surface area contributed by atoms with E-state index in [1.165, 1.54) is 13.3 Å². The van der Waals surface area contributed by atoms with Gasteiger partial charge in [0.25, 0.3) is 5.91 Å². The summed E-state index contributed by atoms with van der Waals surface area (Å²) in [7, 11) is 1.48. The standard InChI is InChI=1S/C24H21ClN6O4/c1-34-21-12-19-15(11-16(21)22(32)31-23-27-8-9-28-23)20(6-7-26-19)35-14-4-5-18(17(25)10-14)30-24(33)29-13-2-3-13/h4-13H,2-3H2,1H3,(H2,29,30,33)(H2,27,28,31,32). The highest BCUT2D eigenvalue weighted by molar-refractivity contribution is 6.33. The minimum Gasteiger partial charge on any atom is -0.496 e. The summed E-state index contributed by atoms with van der Waals surface area (Å²) in [4.78, 5) is 36.1. The molecule has 0 radical (unpaired) electrons. The van der Waals surface area contributed by atoms with Crippen molar-refractivity contribution in [3.05, 3.63) is 65.6 Å². The molecule has 1 fully saturated rings. The van der Waals surface area contributed by atoms with Crippen LogP contribution in [0.3, 0.4) is 0 Å². The van der Waals surface area contributed by atoms with Crippen molar-refractivity contribution < 1.29 is 19.1 Å². The predicted molar refractivity (Wildman–Crippen MR) is 132 cm³/mol. The van der Waals surface area contributed by atoms with Gasteiger partial charge in [-0.05, 0) is 37.1 Å². The van der Waals surface area contributed by atoms with Crippen LogP contribution in [-0.2, 0) is 0 Å². The van der Waals surface area contributed by atoms with E-state index >= 15 is 0 Å². The number of carbonyl (C=O) groups is 2. The van der Waals surface area contributed by atoms with E-state index in [0.29, 0.717) is 44.8 Å². The number of rotatable bonds is 7. The topological polar surface area (TPSA) is 130 Å². The molecule has 0 spiro atoms. The molecule has 2 heterocycles. The normalized spacial score (nSPS) is 12.7. The molecule has 2 aromatic heterocycles. The van der Waals surface area contributed by atoms with Gasteiger partial charge in [-0.15, -0.1) is 0 Å². The quantitative estimate of drug-likeness (QED) is 0.289. The molecule has 3 amide bonds. The van der Waals surface area contributed by atoms with Crippen LogP contribution in [0.4, 0.5) is 16.4 Å². The molecule has 10 nitrogen and oxygen atoms in total. The van der Waals surface area contributed by atoms with Gasteiger partial charge in [0.15, 0.2) is 0 Å². The summed E-state index contributed by atoms with van der Waals surface area (Å²) in [5.41, 5.74) is 1.34. The smallest absolute Gasteiger partial charge is 0.319 e. The molecule has 1 aliphatic carbocycles. The monoisotopic (exact) mass is 492 g/mol. The molecule has 11 heteroatoms. The van der Waals surface area contributed by atoms with E-state index < -0.39 is 5.91 Å². The third kappa shape index (κ3) is 5.12. The average molecular weight is 493 g/mol. The lowest BCUT2D eigenvalue weighted by molar-refractivity contribution is 0.102. The molecule has 0 unspecified atom stereocenters. The maximum atomic E-state index is 12.9. The Morgan fingerprint density at radius 2 is 1.91 bits per heavy atom. The van der Waals surface area contributed by atoms with Gasteiger partial charge in [-0.2, -0.15) is 0 Å². The van der Waals surface area contributed by atoms with Crippen LogP contribution in [0.15, 0.2) is 55.0 Å². The number of hydrogen-bond acceptors (Lipinski definition) is 6. The number of aromatic amines is 1. The molecule has 4 aromatic rings. The Hall–Kier alpha value is -4.31. The summed E-state index contributed by atoms with van der Waals surface area (Å²) in [6.07, 6.45) is 6.72.